The highest BCUT2D eigenvalue weighted by molar-refractivity contribution is 5.95. The second-order valence-electron chi connectivity index (χ2n) is 8.19. The third-order valence-electron chi connectivity index (χ3n) is 5.95. The minimum absolute atomic E-state index is 0.0347. The highest BCUT2D eigenvalue weighted by Gasteiger charge is 2.38. The third kappa shape index (κ3) is 5.44. The quantitative estimate of drug-likeness (QED) is 0.633. The Morgan fingerprint density at radius 2 is 1.91 bits per heavy atom. The van der Waals surface area contributed by atoms with Crippen LogP contribution in [0.3, 0.4) is 0 Å². The molecule has 2 aliphatic rings. The summed E-state index contributed by atoms with van der Waals surface area (Å²) in [6.07, 6.45) is 0. The molecule has 180 valence electrons. The highest BCUT2D eigenvalue weighted by Crippen LogP contribution is 2.32. The number of carbonyl (C=O) groups excluding carboxylic acids is 3. The largest absolute Gasteiger partial charge is 0.463 e. The number of amides is 4. The van der Waals surface area contributed by atoms with Gasteiger partial charge in [-0.25, -0.2) is 18.8 Å². The van der Waals surface area contributed by atoms with Crippen molar-refractivity contribution in [2.24, 2.45) is 0 Å². The Balaban J connectivity index is 1.91. The van der Waals surface area contributed by atoms with Crippen molar-refractivity contribution in [1.29, 1.82) is 0 Å². The van der Waals surface area contributed by atoms with Crippen LogP contribution in [0.4, 0.5) is 14.0 Å². The first-order chi connectivity index (χ1) is 15.8. The van der Waals surface area contributed by atoms with Crippen molar-refractivity contribution < 1.29 is 23.5 Å². The Bertz CT molecular complexity index is 920. The SMILES string of the molecule is CCNC(=O)N1CCN(CC2=C(C(=O)OCC)C(c3ccc(F)cc3)NC(=O)N2C)CC1C. The summed E-state index contributed by atoms with van der Waals surface area (Å²) < 4.78 is 18.8. The van der Waals surface area contributed by atoms with E-state index in [0.717, 1.165) is 0 Å². The predicted octanol–water partition coefficient (Wildman–Crippen LogP) is 2.07. The summed E-state index contributed by atoms with van der Waals surface area (Å²) in [5.41, 5.74) is 1.45. The maximum absolute atomic E-state index is 13.5. The van der Waals surface area contributed by atoms with Crippen LogP contribution in [0.2, 0.25) is 0 Å². The zero-order valence-electron chi connectivity index (χ0n) is 19.6. The Labute approximate surface area is 193 Å². The van der Waals surface area contributed by atoms with Crippen LogP contribution in [0.25, 0.3) is 0 Å². The summed E-state index contributed by atoms with van der Waals surface area (Å²) in [5.74, 6) is -0.929. The van der Waals surface area contributed by atoms with Crippen LogP contribution in [-0.4, -0.2) is 85.2 Å². The smallest absolute Gasteiger partial charge is 0.338 e. The number of nitrogens with zero attached hydrogens (tertiary/aromatic N) is 3. The summed E-state index contributed by atoms with van der Waals surface area (Å²) in [7, 11) is 1.61. The standard InChI is InChI=1S/C23H32FN5O4/c1-5-25-22(31)29-12-11-28(13-15(29)3)14-18-19(21(30)33-6-2)20(26-23(32)27(18)4)16-7-9-17(24)10-8-16/h7-10,15,20H,5-6,11-14H2,1-4H3,(H,25,31)(H,26,32). The number of carbonyl (C=O) groups is 3. The van der Waals surface area contributed by atoms with Gasteiger partial charge in [-0.1, -0.05) is 12.1 Å². The molecule has 33 heavy (non-hydrogen) atoms. The number of rotatable bonds is 6. The lowest BCUT2D eigenvalue weighted by Crippen LogP contribution is -2.57. The van der Waals surface area contributed by atoms with E-state index in [0.29, 0.717) is 49.6 Å². The first-order valence-electron chi connectivity index (χ1n) is 11.2. The molecule has 10 heteroatoms. The highest BCUT2D eigenvalue weighted by atomic mass is 19.1. The number of hydrogen-bond acceptors (Lipinski definition) is 5. The fourth-order valence-corrected chi connectivity index (χ4v) is 4.25. The molecule has 0 radical (unpaired) electrons. The van der Waals surface area contributed by atoms with Gasteiger partial charge in [-0.05, 0) is 38.5 Å². The Morgan fingerprint density at radius 3 is 2.52 bits per heavy atom. The normalized spacial score (nSPS) is 21.7. The van der Waals surface area contributed by atoms with Crippen molar-refractivity contribution >= 4 is 18.0 Å². The van der Waals surface area contributed by atoms with Crippen LogP contribution >= 0.6 is 0 Å². The van der Waals surface area contributed by atoms with E-state index in [1.54, 1.807) is 31.0 Å². The molecule has 1 aromatic carbocycles. The van der Waals surface area contributed by atoms with E-state index in [9.17, 15) is 18.8 Å². The average molecular weight is 462 g/mol. The van der Waals surface area contributed by atoms with Crippen molar-refractivity contribution in [3.05, 3.63) is 46.9 Å². The monoisotopic (exact) mass is 461 g/mol. The van der Waals surface area contributed by atoms with Crippen LogP contribution in [0.5, 0.6) is 0 Å². The van der Waals surface area contributed by atoms with Gasteiger partial charge in [0, 0.05) is 51.5 Å². The molecule has 0 aliphatic carbocycles. The molecule has 0 spiro atoms. The fraction of sp³-hybridized carbons (Fsp3) is 0.522. The lowest BCUT2D eigenvalue weighted by Gasteiger charge is -2.42. The number of piperazine rings is 1. The first kappa shape index (κ1) is 24.5. The zero-order chi connectivity index (χ0) is 24.1. The molecule has 0 bridgehead atoms. The lowest BCUT2D eigenvalue weighted by atomic mass is 9.94. The molecule has 2 N–H and O–H groups in total. The van der Waals surface area contributed by atoms with Gasteiger partial charge in [-0.15, -0.1) is 0 Å². The molecule has 2 unspecified atom stereocenters. The summed E-state index contributed by atoms with van der Waals surface area (Å²) in [5, 5.41) is 5.66. The van der Waals surface area contributed by atoms with E-state index >= 15 is 0 Å². The van der Waals surface area contributed by atoms with Gasteiger partial charge in [0.25, 0.3) is 0 Å². The van der Waals surface area contributed by atoms with Crippen molar-refractivity contribution in [2.75, 3.05) is 46.4 Å². The Morgan fingerprint density at radius 1 is 1.21 bits per heavy atom. The molecule has 0 saturated carbocycles. The van der Waals surface area contributed by atoms with Gasteiger partial charge in [-0.3, -0.25) is 9.80 Å². The lowest BCUT2D eigenvalue weighted by molar-refractivity contribution is -0.139. The van der Waals surface area contributed by atoms with Crippen molar-refractivity contribution in [3.8, 4) is 0 Å². The van der Waals surface area contributed by atoms with E-state index < -0.39 is 17.8 Å². The molecule has 1 fully saturated rings. The minimum atomic E-state index is -0.752. The van der Waals surface area contributed by atoms with E-state index in [1.807, 2.05) is 13.8 Å². The van der Waals surface area contributed by atoms with Crippen molar-refractivity contribution in [1.82, 2.24) is 25.3 Å². The predicted molar refractivity (Wildman–Crippen MR) is 121 cm³/mol. The summed E-state index contributed by atoms with van der Waals surface area (Å²) in [6, 6.07) is 4.45. The Hall–Kier alpha value is -3.14. The number of ether oxygens (including phenoxy) is 1. The molecule has 4 amide bonds. The zero-order valence-corrected chi connectivity index (χ0v) is 19.6. The van der Waals surface area contributed by atoms with E-state index in [2.05, 4.69) is 15.5 Å². The number of hydrogen-bond donors (Lipinski definition) is 2. The minimum Gasteiger partial charge on any atom is -0.463 e. The second-order valence-corrected chi connectivity index (χ2v) is 8.19. The van der Waals surface area contributed by atoms with E-state index in [4.69, 9.17) is 4.74 Å². The number of halogens is 1. The maximum atomic E-state index is 13.5. The molecule has 3 rings (SSSR count). The first-order valence-corrected chi connectivity index (χ1v) is 11.2. The third-order valence-corrected chi connectivity index (χ3v) is 5.95. The topological polar surface area (TPSA) is 94.2 Å². The van der Waals surface area contributed by atoms with Crippen LogP contribution in [0, 0.1) is 5.82 Å². The van der Waals surface area contributed by atoms with Gasteiger partial charge in [-0.2, -0.15) is 0 Å². The van der Waals surface area contributed by atoms with E-state index in [-0.39, 0.29) is 24.7 Å². The molecule has 2 heterocycles. The van der Waals surface area contributed by atoms with Crippen LogP contribution < -0.4 is 10.6 Å². The van der Waals surface area contributed by atoms with Gasteiger partial charge in [0.15, 0.2) is 0 Å². The van der Waals surface area contributed by atoms with Gasteiger partial charge in [0.05, 0.1) is 18.2 Å². The molecule has 9 nitrogen and oxygen atoms in total. The van der Waals surface area contributed by atoms with Gasteiger partial charge >= 0.3 is 18.0 Å². The molecule has 0 aromatic heterocycles. The number of esters is 1. The number of urea groups is 2. The number of nitrogens with one attached hydrogen (secondary N) is 2. The van der Waals surface area contributed by atoms with E-state index in [1.165, 1.54) is 17.0 Å². The molecular weight excluding hydrogens is 429 g/mol. The van der Waals surface area contributed by atoms with Gasteiger partial charge < -0.3 is 20.3 Å². The van der Waals surface area contributed by atoms with Crippen molar-refractivity contribution in [2.45, 2.75) is 32.9 Å². The van der Waals surface area contributed by atoms with Gasteiger partial charge in [0.1, 0.15) is 5.82 Å². The Kier molecular flexibility index (Phi) is 7.91. The van der Waals surface area contributed by atoms with Gasteiger partial charge in [0.2, 0.25) is 0 Å². The van der Waals surface area contributed by atoms with Crippen LogP contribution in [-0.2, 0) is 9.53 Å². The summed E-state index contributed by atoms with van der Waals surface area (Å²) >= 11 is 0. The fourth-order valence-electron chi connectivity index (χ4n) is 4.25. The molecule has 1 saturated heterocycles. The summed E-state index contributed by atoms with van der Waals surface area (Å²) in [6.45, 7) is 8.38. The average Bonchev–Trinajstić information content (AvgIpc) is 2.77. The van der Waals surface area contributed by atoms with Crippen LogP contribution in [0.1, 0.15) is 32.4 Å². The molecular formula is C23H32FN5O4. The van der Waals surface area contributed by atoms with Crippen molar-refractivity contribution in [3.63, 3.8) is 0 Å². The second kappa shape index (κ2) is 10.7. The maximum Gasteiger partial charge on any atom is 0.338 e. The number of benzene rings is 1. The summed E-state index contributed by atoms with van der Waals surface area (Å²) in [4.78, 5) is 43.4. The van der Waals surface area contributed by atoms with Crippen LogP contribution in [0.15, 0.2) is 35.5 Å². The number of likely N-dealkylation sites (N-methyl/N-ethyl adjacent to an activating group) is 1. The molecule has 2 aliphatic heterocycles. The molecule has 1 aromatic rings. The molecule has 2 atom stereocenters.